The van der Waals surface area contributed by atoms with Gasteiger partial charge in [-0.15, -0.1) is 0 Å². The number of benzene rings is 3. The molecule has 0 amide bonds. The molecule has 1 fully saturated rings. The Labute approximate surface area is 169 Å². The fourth-order valence-electron chi connectivity index (χ4n) is 4.19. The first-order chi connectivity index (χ1) is 13.9. The van der Waals surface area contributed by atoms with Crippen LogP contribution in [-0.2, 0) is 13.8 Å². The van der Waals surface area contributed by atoms with Crippen LogP contribution in [0.2, 0.25) is 0 Å². The van der Waals surface area contributed by atoms with Crippen molar-refractivity contribution in [1.82, 2.24) is 5.09 Å². The van der Waals surface area contributed by atoms with Gasteiger partial charge >= 0.3 is 169 Å². The molecule has 0 saturated carbocycles. The van der Waals surface area contributed by atoms with Crippen LogP contribution >= 0.6 is 7.66 Å². The second kappa shape index (κ2) is 6.30. The predicted molar refractivity (Wildman–Crippen MR) is 114 cm³/mol. The Morgan fingerprint density at radius 1 is 0.931 bits per heavy atom. The molecule has 1 atom stereocenters. The molecule has 1 saturated heterocycles. The van der Waals surface area contributed by atoms with Gasteiger partial charge in [0.15, 0.2) is 0 Å². The molecule has 1 unspecified atom stereocenters. The quantitative estimate of drug-likeness (QED) is 0.451. The summed E-state index contributed by atoms with van der Waals surface area (Å²) in [6, 6.07) is 15.4. The van der Waals surface area contributed by atoms with Gasteiger partial charge in [0.25, 0.3) is 0 Å². The third-order valence-electron chi connectivity index (χ3n) is 5.29. The van der Waals surface area contributed by atoms with Gasteiger partial charge < -0.3 is 0 Å². The Bertz CT molecular complexity index is 1080. The molecule has 3 aromatic carbocycles. The van der Waals surface area contributed by atoms with E-state index < -0.39 is 19.7 Å². The second-order valence-corrected chi connectivity index (χ2v) is 10.6. The maximum atomic E-state index is 12.7. The number of carbonyl (C=O) groups excluding carboxylic acids is 1. The monoisotopic (exact) mass is 413 g/mol. The number of hydrogen-bond donors (Lipinski definition) is 1. The van der Waals surface area contributed by atoms with Gasteiger partial charge in [-0.1, -0.05) is 0 Å². The molecule has 2 heterocycles. The molecule has 2 aliphatic heterocycles. The van der Waals surface area contributed by atoms with Crippen LogP contribution in [0.5, 0.6) is 11.5 Å². The summed E-state index contributed by atoms with van der Waals surface area (Å²) in [7, 11) is -4.35. The van der Waals surface area contributed by atoms with Gasteiger partial charge in [0.1, 0.15) is 0 Å². The van der Waals surface area contributed by atoms with E-state index in [0.717, 1.165) is 21.5 Å². The maximum absolute atomic E-state index is 12.7. The van der Waals surface area contributed by atoms with E-state index in [2.05, 4.69) is 31.1 Å². The number of carbonyl (C=O) groups is 1. The van der Waals surface area contributed by atoms with Crippen molar-refractivity contribution in [3.05, 3.63) is 48.5 Å². The van der Waals surface area contributed by atoms with Crippen molar-refractivity contribution in [3.63, 3.8) is 0 Å². The summed E-state index contributed by atoms with van der Waals surface area (Å²) in [4.78, 5) is 12.7. The molecule has 0 radical (unpaired) electrons. The number of nitrogens with one attached hydrogen (secondary N) is 1. The molecule has 0 bridgehead atoms. The van der Waals surface area contributed by atoms with Gasteiger partial charge in [0.2, 0.25) is 0 Å². The van der Waals surface area contributed by atoms with E-state index in [9.17, 15) is 4.79 Å². The average Bonchev–Trinajstić information content (AvgIpc) is 3.16. The minimum atomic E-state index is -4.35. The third-order valence-corrected chi connectivity index (χ3v) is 8.22. The fraction of sp³-hybridized carbons (Fsp3) is 0.318. The van der Waals surface area contributed by atoms with Crippen molar-refractivity contribution >= 4 is 35.2 Å². The van der Waals surface area contributed by atoms with Crippen LogP contribution in [0, 0.1) is 5.92 Å². The summed E-state index contributed by atoms with van der Waals surface area (Å²) in [5.41, 5.74) is 0. The molecule has 2 aliphatic rings. The molecule has 6 nitrogen and oxygen atoms in total. The normalized spacial score (nSPS) is 22.8. The molecule has 1 spiro atoms. The topological polar surface area (TPSA) is 66.0 Å². The molecule has 5 rings (SSSR count). The van der Waals surface area contributed by atoms with E-state index >= 15 is 0 Å². The van der Waals surface area contributed by atoms with Crippen LogP contribution in [0.4, 0.5) is 0 Å². The zero-order chi connectivity index (χ0) is 20.2. The van der Waals surface area contributed by atoms with Gasteiger partial charge in [0.05, 0.1) is 0 Å². The molecule has 0 aromatic heterocycles. The van der Waals surface area contributed by atoms with Crippen LogP contribution < -0.4 is 14.1 Å². The number of hydrogen-bond acceptors (Lipinski definition) is 6. The van der Waals surface area contributed by atoms with Crippen molar-refractivity contribution in [2.24, 2.45) is 5.92 Å². The number of rotatable bonds is 4. The van der Waals surface area contributed by atoms with Crippen molar-refractivity contribution < 1.29 is 22.9 Å². The SMILES string of the molecule is CCOP12(NC(CC(C)C)C(=O)O1)Oc1c(c3ccccc3c3ccccc13)O2. The summed E-state index contributed by atoms with van der Waals surface area (Å²) in [5.74, 6) is 1.00. The van der Waals surface area contributed by atoms with Gasteiger partial charge in [-0.3, -0.25) is 0 Å². The van der Waals surface area contributed by atoms with Crippen molar-refractivity contribution in [3.8, 4) is 11.5 Å². The molecule has 3 aromatic rings. The van der Waals surface area contributed by atoms with E-state index in [-0.39, 0.29) is 6.61 Å². The standard InChI is InChI=1S/C22H24NO5P/c1-4-25-29(23-19(13-14(2)3)22(24)28-29)26-20-17-11-7-5-9-15(17)16-10-6-8-12-18(16)21(20)27-29/h5-12,14,19,23H,4,13H2,1-3H3. The zero-order valence-corrected chi connectivity index (χ0v) is 17.6. The minimum absolute atomic E-state index is 0.274. The van der Waals surface area contributed by atoms with Crippen molar-refractivity contribution in [2.45, 2.75) is 33.2 Å². The van der Waals surface area contributed by atoms with Crippen LogP contribution in [0.1, 0.15) is 27.2 Å². The van der Waals surface area contributed by atoms with E-state index in [1.165, 1.54) is 0 Å². The van der Waals surface area contributed by atoms with Crippen molar-refractivity contribution in [1.29, 1.82) is 0 Å². The second-order valence-electron chi connectivity index (χ2n) is 7.88. The third kappa shape index (κ3) is 2.71. The van der Waals surface area contributed by atoms with E-state index in [4.69, 9.17) is 18.1 Å². The molecular weight excluding hydrogens is 389 g/mol. The first-order valence-electron chi connectivity index (χ1n) is 9.97. The van der Waals surface area contributed by atoms with E-state index in [1.807, 2.05) is 43.3 Å². The molecule has 29 heavy (non-hydrogen) atoms. The van der Waals surface area contributed by atoms with Crippen LogP contribution in [-0.4, -0.2) is 18.6 Å². The molecule has 1 N–H and O–H groups in total. The Morgan fingerprint density at radius 2 is 1.45 bits per heavy atom. The van der Waals surface area contributed by atoms with Crippen molar-refractivity contribution in [2.75, 3.05) is 6.61 Å². The average molecular weight is 413 g/mol. The van der Waals surface area contributed by atoms with Gasteiger partial charge in [0, 0.05) is 0 Å². The molecular formula is C22H24NO5P. The molecule has 7 heteroatoms. The van der Waals surface area contributed by atoms with Gasteiger partial charge in [-0.2, -0.15) is 0 Å². The predicted octanol–water partition coefficient (Wildman–Crippen LogP) is 5.49. The summed E-state index contributed by atoms with van der Waals surface area (Å²) < 4.78 is 24.7. The summed E-state index contributed by atoms with van der Waals surface area (Å²) >= 11 is 0. The Balaban J connectivity index is 1.73. The van der Waals surface area contributed by atoms with E-state index in [0.29, 0.717) is 23.8 Å². The summed E-state index contributed by atoms with van der Waals surface area (Å²) in [6.07, 6.45) is 0.606. The van der Waals surface area contributed by atoms with Crippen LogP contribution in [0.15, 0.2) is 48.5 Å². The van der Waals surface area contributed by atoms with Crippen LogP contribution in [0.25, 0.3) is 21.5 Å². The van der Waals surface area contributed by atoms with Gasteiger partial charge in [-0.25, -0.2) is 0 Å². The Morgan fingerprint density at radius 3 is 1.93 bits per heavy atom. The van der Waals surface area contributed by atoms with Gasteiger partial charge in [-0.05, 0) is 0 Å². The fourth-order valence-corrected chi connectivity index (χ4v) is 7.29. The number of fused-ring (bicyclic) bond motifs is 6. The molecule has 152 valence electrons. The Kier molecular flexibility index (Phi) is 4.04. The van der Waals surface area contributed by atoms with E-state index in [1.54, 1.807) is 0 Å². The summed E-state index contributed by atoms with van der Waals surface area (Å²) in [5, 5.41) is 7.11. The molecule has 0 aliphatic carbocycles. The Hall–Kier alpha value is -2.40. The first-order valence-corrected chi connectivity index (χ1v) is 11.9. The first kappa shape index (κ1) is 18.6. The van der Waals surface area contributed by atoms with Crippen LogP contribution in [0.3, 0.4) is 0 Å². The zero-order valence-electron chi connectivity index (χ0n) is 16.7. The summed E-state index contributed by atoms with van der Waals surface area (Å²) in [6.45, 7) is 6.22.